The molecule has 2 aromatic carbocycles. The molecule has 0 aliphatic heterocycles. The summed E-state index contributed by atoms with van der Waals surface area (Å²) in [6.07, 6.45) is 3.70. The lowest BCUT2D eigenvalue weighted by Gasteiger charge is -2.10. The van der Waals surface area contributed by atoms with Crippen molar-refractivity contribution < 1.29 is 0 Å². The van der Waals surface area contributed by atoms with Gasteiger partial charge in [-0.25, -0.2) is 0 Å². The van der Waals surface area contributed by atoms with Crippen molar-refractivity contribution in [3.8, 4) is 22.4 Å². The fraction of sp³-hybridized carbons (Fsp3) is 0.0500. The highest BCUT2D eigenvalue weighted by Crippen LogP contribution is 2.29. The van der Waals surface area contributed by atoms with Crippen molar-refractivity contribution in [1.82, 2.24) is 4.98 Å². The third-order valence-corrected chi connectivity index (χ3v) is 3.57. The highest BCUT2D eigenvalue weighted by atomic mass is 14.7. The Kier molecular flexibility index (Phi) is 3.65. The van der Waals surface area contributed by atoms with Gasteiger partial charge in [0, 0.05) is 11.8 Å². The monoisotopic (exact) mass is 271 g/mol. The van der Waals surface area contributed by atoms with Crippen LogP contribution in [-0.4, -0.2) is 4.98 Å². The normalized spacial score (nSPS) is 10.3. The number of hydrogen-bond donors (Lipinski definition) is 0. The van der Waals surface area contributed by atoms with Gasteiger partial charge in [-0.2, -0.15) is 0 Å². The summed E-state index contributed by atoms with van der Waals surface area (Å²) in [5.74, 6) is 0. The van der Waals surface area contributed by atoms with Gasteiger partial charge in [-0.15, -0.1) is 0 Å². The third kappa shape index (κ3) is 2.77. The molecule has 1 aromatic heterocycles. The van der Waals surface area contributed by atoms with Gasteiger partial charge in [0.2, 0.25) is 0 Å². The maximum atomic E-state index is 4.46. The van der Waals surface area contributed by atoms with Gasteiger partial charge in [-0.1, -0.05) is 60.7 Å². The maximum Gasteiger partial charge on any atom is 0.0708 e. The predicted octanol–water partition coefficient (Wildman–Crippen LogP) is 5.37. The van der Waals surface area contributed by atoms with Crippen molar-refractivity contribution in [2.75, 3.05) is 0 Å². The van der Waals surface area contributed by atoms with Gasteiger partial charge in [-0.05, 0) is 41.8 Å². The summed E-state index contributed by atoms with van der Waals surface area (Å²) in [6.45, 7) is 6.02. The molecule has 0 aliphatic rings. The van der Waals surface area contributed by atoms with Crippen LogP contribution in [0.1, 0.15) is 11.1 Å². The van der Waals surface area contributed by atoms with E-state index in [-0.39, 0.29) is 0 Å². The van der Waals surface area contributed by atoms with E-state index in [9.17, 15) is 0 Å². The Bertz CT molecular complexity index is 773. The molecule has 1 nitrogen and oxygen atoms in total. The fourth-order valence-electron chi connectivity index (χ4n) is 2.48. The maximum absolute atomic E-state index is 4.46. The van der Waals surface area contributed by atoms with Crippen molar-refractivity contribution in [3.05, 3.63) is 84.6 Å². The average Bonchev–Trinajstić information content (AvgIpc) is 2.55. The van der Waals surface area contributed by atoms with E-state index >= 15 is 0 Å². The SMILES string of the molecule is C=Cc1ccc(-c2cccc(C)c2)cc1-c1ccccn1. The van der Waals surface area contributed by atoms with Crippen molar-refractivity contribution in [2.45, 2.75) is 6.92 Å². The van der Waals surface area contributed by atoms with Crippen LogP contribution in [-0.2, 0) is 0 Å². The molecule has 1 heteroatoms. The van der Waals surface area contributed by atoms with Crippen LogP contribution < -0.4 is 0 Å². The standard InChI is InChI=1S/C20H17N/c1-3-16-10-11-18(17-8-6-7-15(2)13-17)14-19(16)20-9-4-5-12-21-20/h3-14H,1H2,2H3. The number of benzene rings is 2. The lowest BCUT2D eigenvalue weighted by Crippen LogP contribution is -1.88. The first-order valence-electron chi connectivity index (χ1n) is 7.03. The summed E-state index contributed by atoms with van der Waals surface area (Å²) in [7, 11) is 0. The van der Waals surface area contributed by atoms with Crippen molar-refractivity contribution in [3.63, 3.8) is 0 Å². The predicted molar refractivity (Wildman–Crippen MR) is 89.9 cm³/mol. The van der Waals surface area contributed by atoms with E-state index in [2.05, 4.69) is 61.0 Å². The van der Waals surface area contributed by atoms with E-state index in [1.807, 2.05) is 30.5 Å². The Morgan fingerprint density at radius 2 is 1.76 bits per heavy atom. The molecule has 0 fully saturated rings. The van der Waals surface area contributed by atoms with Gasteiger partial charge in [0.15, 0.2) is 0 Å². The Morgan fingerprint density at radius 1 is 0.905 bits per heavy atom. The van der Waals surface area contributed by atoms with Crippen LogP contribution in [0.15, 0.2) is 73.4 Å². The molecule has 0 bridgehead atoms. The molecule has 0 unspecified atom stereocenters. The van der Waals surface area contributed by atoms with Crippen molar-refractivity contribution >= 4 is 6.08 Å². The van der Waals surface area contributed by atoms with Crippen LogP contribution in [0.4, 0.5) is 0 Å². The molecular weight excluding hydrogens is 254 g/mol. The van der Waals surface area contributed by atoms with E-state index in [0.29, 0.717) is 0 Å². The summed E-state index contributed by atoms with van der Waals surface area (Å²) >= 11 is 0. The molecule has 0 N–H and O–H groups in total. The Morgan fingerprint density at radius 3 is 2.48 bits per heavy atom. The van der Waals surface area contributed by atoms with Gasteiger partial charge in [0.25, 0.3) is 0 Å². The largest absolute Gasteiger partial charge is 0.256 e. The molecule has 3 aromatic rings. The number of nitrogens with zero attached hydrogens (tertiary/aromatic N) is 1. The first kappa shape index (κ1) is 13.3. The van der Waals surface area contributed by atoms with Crippen LogP contribution in [0.3, 0.4) is 0 Å². The van der Waals surface area contributed by atoms with Gasteiger partial charge < -0.3 is 0 Å². The highest BCUT2D eigenvalue weighted by molar-refractivity contribution is 5.78. The van der Waals surface area contributed by atoms with Crippen LogP contribution in [0.25, 0.3) is 28.5 Å². The minimum Gasteiger partial charge on any atom is -0.256 e. The van der Waals surface area contributed by atoms with Gasteiger partial charge in [0.1, 0.15) is 0 Å². The smallest absolute Gasteiger partial charge is 0.0708 e. The van der Waals surface area contributed by atoms with Crippen molar-refractivity contribution in [2.24, 2.45) is 0 Å². The molecule has 0 atom stereocenters. The molecule has 102 valence electrons. The minimum atomic E-state index is 0.974. The second-order valence-corrected chi connectivity index (χ2v) is 5.09. The molecule has 0 aliphatic carbocycles. The lowest BCUT2D eigenvalue weighted by molar-refractivity contribution is 1.32. The third-order valence-electron chi connectivity index (χ3n) is 3.57. The molecular formula is C20H17N. The van der Waals surface area contributed by atoms with E-state index in [4.69, 9.17) is 0 Å². The first-order valence-corrected chi connectivity index (χ1v) is 7.03. The number of aromatic nitrogens is 1. The number of aryl methyl sites for hydroxylation is 1. The quantitative estimate of drug-likeness (QED) is 0.624. The van der Waals surface area contributed by atoms with E-state index in [0.717, 1.165) is 16.8 Å². The van der Waals surface area contributed by atoms with Gasteiger partial charge >= 0.3 is 0 Å². The van der Waals surface area contributed by atoms with Crippen molar-refractivity contribution in [1.29, 1.82) is 0 Å². The summed E-state index contributed by atoms with van der Waals surface area (Å²) in [6, 6.07) is 20.9. The molecule has 0 amide bonds. The number of hydrogen-bond acceptors (Lipinski definition) is 1. The van der Waals surface area contributed by atoms with Crippen LogP contribution in [0.2, 0.25) is 0 Å². The minimum absolute atomic E-state index is 0.974. The Hall–Kier alpha value is -2.67. The Labute approximate surface area is 125 Å². The summed E-state index contributed by atoms with van der Waals surface area (Å²) < 4.78 is 0. The molecule has 0 saturated carbocycles. The summed E-state index contributed by atoms with van der Waals surface area (Å²) in [5.41, 5.74) is 6.88. The first-order chi connectivity index (χ1) is 10.3. The number of rotatable bonds is 3. The zero-order chi connectivity index (χ0) is 14.7. The second kappa shape index (κ2) is 5.76. The van der Waals surface area contributed by atoms with Crippen LogP contribution in [0.5, 0.6) is 0 Å². The molecule has 0 spiro atoms. The zero-order valence-electron chi connectivity index (χ0n) is 12.1. The van der Waals surface area contributed by atoms with Crippen LogP contribution >= 0.6 is 0 Å². The average molecular weight is 271 g/mol. The molecule has 21 heavy (non-hydrogen) atoms. The zero-order valence-corrected chi connectivity index (χ0v) is 12.1. The second-order valence-electron chi connectivity index (χ2n) is 5.09. The molecule has 1 heterocycles. The Balaban J connectivity index is 2.16. The van der Waals surface area contributed by atoms with Gasteiger partial charge in [-0.3, -0.25) is 4.98 Å². The van der Waals surface area contributed by atoms with Gasteiger partial charge in [0.05, 0.1) is 5.69 Å². The van der Waals surface area contributed by atoms with E-state index in [1.165, 1.54) is 16.7 Å². The number of pyridine rings is 1. The summed E-state index contributed by atoms with van der Waals surface area (Å²) in [4.78, 5) is 4.46. The highest BCUT2D eigenvalue weighted by Gasteiger charge is 2.06. The molecule has 0 radical (unpaired) electrons. The van der Waals surface area contributed by atoms with E-state index in [1.54, 1.807) is 0 Å². The fourth-order valence-corrected chi connectivity index (χ4v) is 2.48. The lowest BCUT2D eigenvalue weighted by atomic mass is 9.96. The topological polar surface area (TPSA) is 12.9 Å². The summed E-state index contributed by atoms with van der Waals surface area (Å²) in [5, 5.41) is 0. The molecule has 0 saturated heterocycles. The van der Waals surface area contributed by atoms with E-state index < -0.39 is 0 Å². The van der Waals surface area contributed by atoms with Crippen LogP contribution in [0, 0.1) is 6.92 Å². The molecule has 3 rings (SSSR count).